The maximum Gasteiger partial charge on any atom is 0.416 e. The Bertz CT molecular complexity index is 456. The molecule has 0 aromatic heterocycles. The van der Waals surface area contributed by atoms with Gasteiger partial charge in [0.25, 0.3) is 0 Å². The van der Waals surface area contributed by atoms with Crippen LogP contribution in [0.25, 0.3) is 0 Å². The molecule has 0 bridgehead atoms. The number of alkyl halides is 3. The van der Waals surface area contributed by atoms with Crippen LogP contribution in [0.1, 0.15) is 17.2 Å². The van der Waals surface area contributed by atoms with Crippen molar-refractivity contribution in [2.24, 2.45) is 0 Å². The van der Waals surface area contributed by atoms with E-state index < -0.39 is 23.6 Å². The van der Waals surface area contributed by atoms with E-state index in [0.29, 0.717) is 13.2 Å². The molecule has 106 valence electrons. The van der Waals surface area contributed by atoms with E-state index in [1.54, 1.807) is 0 Å². The van der Waals surface area contributed by atoms with E-state index in [4.69, 9.17) is 9.47 Å². The van der Waals surface area contributed by atoms with Gasteiger partial charge in [0.05, 0.1) is 25.4 Å². The predicted molar refractivity (Wildman–Crippen MR) is 61.2 cm³/mol. The number of hydrogen-bond donors (Lipinski definition) is 2. The van der Waals surface area contributed by atoms with Gasteiger partial charge in [0.1, 0.15) is 0 Å². The molecule has 1 saturated heterocycles. The van der Waals surface area contributed by atoms with Crippen molar-refractivity contribution in [2.75, 3.05) is 26.8 Å². The Balaban J connectivity index is 2.52. The molecular weight excluding hydrogens is 263 g/mol. The zero-order chi connectivity index (χ0) is 14.0. The van der Waals surface area contributed by atoms with E-state index in [9.17, 15) is 18.3 Å². The molecule has 1 aromatic rings. The van der Waals surface area contributed by atoms with E-state index >= 15 is 0 Å². The number of morpholine rings is 1. The van der Waals surface area contributed by atoms with Crippen LogP contribution in [0.4, 0.5) is 13.2 Å². The molecule has 0 radical (unpaired) electrons. The summed E-state index contributed by atoms with van der Waals surface area (Å²) in [6.45, 7) is 1.07. The monoisotopic (exact) mass is 277 g/mol. The quantitative estimate of drug-likeness (QED) is 0.869. The number of phenolic OH excluding ortho intramolecular Hbond substituents is 1. The fourth-order valence-electron chi connectivity index (χ4n) is 2.08. The summed E-state index contributed by atoms with van der Waals surface area (Å²) in [7, 11) is 1.28. The Labute approximate surface area is 108 Å². The lowest BCUT2D eigenvalue weighted by molar-refractivity contribution is -0.140. The van der Waals surface area contributed by atoms with Crippen LogP contribution in [0, 0.1) is 0 Å². The SMILES string of the molecule is COc1ccc(C(F)(F)F)c(C2CNCCO2)c1O. The van der Waals surface area contributed by atoms with E-state index in [2.05, 4.69) is 5.32 Å². The highest BCUT2D eigenvalue weighted by atomic mass is 19.4. The van der Waals surface area contributed by atoms with Crippen molar-refractivity contribution < 1.29 is 27.8 Å². The minimum absolute atomic E-state index is 0.00262. The van der Waals surface area contributed by atoms with Crippen molar-refractivity contribution in [3.63, 3.8) is 0 Å². The van der Waals surface area contributed by atoms with Gasteiger partial charge in [0.15, 0.2) is 11.5 Å². The summed E-state index contributed by atoms with van der Waals surface area (Å²) in [5.74, 6) is -0.525. The smallest absolute Gasteiger partial charge is 0.416 e. The van der Waals surface area contributed by atoms with Crippen molar-refractivity contribution in [1.82, 2.24) is 5.32 Å². The fraction of sp³-hybridized carbons (Fsp3) is 0.500. The molecule has 1 unspecified atom stereocenters. The molecule has 2 N–H and O–H groups in total. The van der Waals surface area contributed by atoms with Crippen LogP contribution in [-0.4, -0.2) is 31.9 Å². The minimum Gasteiger partial charge on any atom is -0.504 e. The number of methoxy groups -OCH3 is 1. The molecule has 0 amide bonds. The highest BCUT2D eigenvalue weighted by Crippen LogP contribution is 2.44. The van der Waals surface area contributed by atoms with Gasteiger partial charge in [-0.15, -0.1) is 0 Å². The lowest BCUT2D eigenvalue weighted by atomic mass is 9.99. The maximum absolute atomic E-state index is 13.0. The molecule has 1 fully saturated rings. The van der Waals surface area contributed by atoms with Crippen molar-refractivity contribution in [3.05, 3.63) is 23.3 Å². The molecule has 0 aliphatic carbocycles. The molecule has 1 aliphatic heterocycles. The molecule has 2 rings (SSSR count). The van der Waals surface area contributed by atoms with Gasteiger partial charge < -0.3 is 19.9 Å². The summed E-state index contributed by atoms with van der Waals surface area (Å²) in [5, 5.41) is 12.9. The van der Waals surface area contributed by atoms with Crippen LogP contribution < -0.4 is 10.1 Å². The molecular formula is C12H14F3NO3. The van der Waals surface area contributed by atoms with Crippen LogP contribution in [-0.2, 0) is 10.9 Å². The second-order valence-electron chi connectivity index (χ2n) is 4.14. The fourth-order valence-corrected chi connectivity index (χ4v) is 2.08. The molecule has 0 spiro atoms. The van der Waals surface area contributed by atoms with Crippen LogP contribution in [0.5, 0.6) is 11.5 Å². The van der Waals surface area contributed by atoms with Gasteiger partial charge in [0, 0.05) is 18.7 Å². The third-order valence-corrected chi connectivity index (χ3v) is 2.95. The number of aromatic hydroxyl groups is 1. The number of benzene rings is 1. The molecule has 1 aromatic carbocycles. The first-order chi connectivity index (χ1) is 8.95. The molecule has 19 heavy (non-hydrogen) atoms. The second-order valence-corrected chi connectivity index (χ2v) is 4.14. The van der Waals surface area contributed by atoms with Gasteiger partial charge in [-0.05, 0) is 12.1 Å². The number of nitrogens with one attached hydrogen (secondary N) is 1. The Kier molecular flexibility index (Phi) is 3.86. The summed E-state index contributed by atoms with van der Waals surface area (Å²) in [6, 6.07) is 1.99. The molecule has 0 saturated carbocycles. The Hall–Kier alpha value is -1.47. The molecule has 1 aliphatic rings. The summed E-state index contributed by atoms with van der Waals surface area (Å²) in [6.07, 6.45) is -5.40. The van der Waals surface area contributed by atoms with Crippen molar-refractivity contribution in [1.29, 1.82) is 0 Å². The van der Waals surface area contributed by atoms with Gasteiger partial charge in [0.2, 0.25) is 0 Å². The Morgan fingerprint density at radius 3 is 2.68 bits per heavy atom. The predicted octanol–water partition coefficient (Wildman–Crippen LogP) is 2.08. The normalized spacial score (nSPS) is 20.3. The average molecular weight is 277 g/mol. The van der Waals surface area contributed by atoms with Gasteiger partial charge >= 0.3 is 6.18 Å². The lowest BCUT2D eigenvalue weighted by Crippen LogP contribution is -2.34. The standard InChI is InChI=1S/C12H14F3NO3/c1-18-8-3-2-7(12(13,14)15)10(11(8)17)9-6-16-4-5-19-9/h2-3,9,16-17H,4-6H2,1H3. The minimum atomic E-state index is -4.56. The van der Waals surface area contributed by atoms with Gasteiger partial charge in [-0.1, -0.05) is 0 Å². The highest BCUT2D eigenvalue weighted by Gasteiger charge is 2.38. The van der Waals surface area contributed by atoms with Crippen LogP contribution in [0.15, 0.2) is 12.1 Å². The summed E-state index contributed by atoms with van der Waals surface area (Å²) in [5.41, 5.74) is -1.18. The zero-order valence-corrected chi connectivity index (χ0v) is 10.3. The zero-order valence-electron chi connectivity index (χ0n) is 10.3. The van der Waals surface area contributed by atoms with Crippen LogP contribution >= 0.6 is 0 Å². The Morgan fingerprint density at radius 1 is 1.42 bits per heavy atom. The molecule has 1 atom stereocenters. The van der Waals surface area contributed by atoms with Crippen molar-refractivity contribution >= 4 is 0 Å². The third-order valence-electron chi connectivity index (χ3n) is 2.95. The van der Waals surface area contributed by atoms with Crippen molar-refractivity contribution in [3.8, 4) is 11.5 Å². The lowest BCUT2D eigenvalue weighted by Gasteiger charge is -2.27. The molecule has 4 nitrogen and oxygen atoms in total. The number of hydrogen-bond acceptors (Lipinski definition) is 4. The van der Waals surface area contributed by atoms with E-state index in [1.807, 2.05) is 0 Å². The Morgan fingerprint density at radius 2 is 2.16 bits per heavy atom. The van der Waals surface area contributed by atoms with Crippen molar-refractivity contribution in [2.45, 2.75) is 12.3 Å². The molecule has 1 heterocycles. The topological polar surface area (TPSA) is 50.7 Å². The number of rotatable bonds is 2. The highest BCUT2D eigenvalue weighted by molar-refractivity contribution is 5.52. The number of halogens is 3. The van der Waals surface area contributed by atoms with E-state index in [1.165, 1.54) is 7.11 Å². The third kappa shape index (κ3) is 2.76. The summed E-state index contributed by atoms with van der Waals surface area (Å²) >= 11 is 0. The van der Waals surface area contributed by atoms with Gasteiger partial charge in [-0.2, -0.15) is 13.2 Å². The molecule has 7 heteroatoms. The first-order valence-electron chi connectivity index (χ1n) is 5.74. The summed E-state index contributed by atoms with van der Waals surface area (Å²) in [4.78, 5) is 0. The van der Waals surface area contributed by atoms with E-state index in [0.717, 1.165) is 12.1 Å². The van der Waals surface area contributed by atoms with Gasteiger partial charge in [-0.3, -0.25) is 0 Å². The first-order valence-corrected chi connectivity index (χ1v) is 5.74. The number of ether oxygens (including phenoxy) is 2. The van der Waals surface area contributed by atoms with Crippen LogP contribution in [0.3, 0.4) is 0 Å². The largest absolute Gasteiger partial charge is 0.504 e. The number of phenols is 1. The van der Waals surface area contributed by atoms with Gasteiger partial charge in [-0.25, -0.2) is 0 Å². The summed E-state index contributed by atoms with van der Waals surface area (Å²) < 4.78 is 49.1. The van der Waals surface area contributed by atoms with Crippen LogP contribution in [0.2, 0.25) is 0 Å². The van der Waals surface area contributed by atoms with E-state index in [-0.39, 0.29) is 17.9 Å². The second kappa shape index (κ2) is 5.26. The average Bonchev–Trinajstić information content (AvgIpc) is 2.38. The maximum atomic E-state index is 13.0. The first kappa shape index (κ1) is 14.0.